The van der Waals surface area contributed by atoms with Gasteiger partial charge in [-0.1, -0.05) is 12.1 Å². The minimum atomic E-state index is 0.117. The highest BCUT2D eigenvalue weighted by molar-refractivity contribution is 7.80. The monoisotopic (exact) mass is 385 g/mol. The lowest BCUT2D eigenvalue weighted by Crippen LogP contribution is -2.36. The molecule has 1 heterocycles. The van der Waals surface area contributed by atoms with E-state index in [4.69, 9.17) is 21.7 Å². The molecule has 144 valence electrons. The molecule has 27 heavy (non-hydrogen) atoms. The van der Waals surface area contributed by atoms with E-state index in [1.807, 2.05) is 31.2 Å². The van der Waals surface area contributed by atoms with Crippen LogP contribution in [-0.2, 0) is 4.74 Å². The van der Waals surface area contributed by atoms with Gasteiger partial charge in [-0.05, 0) is 68.0 Å². The molecule has 2 aromatic rings. The van der Waals surface area contributed by atoms with Crippen molar-refractivity contribution in [2.24, 2.45) is 0 Å². The smallest absolute Gasteiger partial charge is 0.171 e. The van der Waals surface area contributed by atoms with Crippen LogP contribution in [0.3, 0.4) is 0 Å². The zero-order chi connectivity index (χ0) is 19.1. The van der Waals surface area contributed by atoms with Crippen molar-refractivity contribution in [1.29, 1.82) is 0 Å². The van der Waals surface area contributed by atoms with Gasteiger partial charge in [-0.3, -0.25) is 0 Å². The summed E-state index contributed by atoms with van der Waals surface area (Å²) in [6.45, 7) is 8.23. The minimum absolute atomic E-state index is 0.117. The Kier molecular flexibility index (Phi) is 6.90. The summed E-state index contributed by atoms with van der Waals surface area (Å²) in [5.41, 5.74) is 3.37. The van der Waals surface area contributed by atoms with E-state index >= 15 is 0 Å². The van der Waals surface area contributed by atoms with Gasteiger partial charge in [0.25, 0.3) is 0 Å². The van der Waals surface area contributed by atoms with E-state index in [0.717, 1.165) is 37.7 Å². The van der Waals surface area contributed by atoms with Crippen molar-refractivity contribution in [3.63, 3.8) is 0 Å². The van der Waals surface area contributed by atoms with Crippen LogP contribution in [0.4, 0.5) is 11.4 Å². The van der Waals surface area contributed by atoms with Crippen molar-refractivity contribution in [3.05, 3.63) is 54.1 Å². The number of morpholine rings is 1. The van der Waals surface area contributed by atoms with Crippen LogP contribution >= 0.6 is 12.2 Å². The topological polar surface area (TPSA) is 45.8 Å². The van der Waals surface area contributed by atoms with E-state index in [1.165, 1.54) is 11.3 Å². The highest BCUT2D eigenvalue weighted by Gasteiger charge is 2.12. The summed E-state index contributed by atoms with van der Waals surface area (Å²) in [6, 6.07) is 16.5. The van der Waals surface area contributed by atoms with Crippen molar-refractivity contribution in [1.82, 2.24) is 5.32 Å². The number of rotatable bonds is 6. The standard InChI is InChI=1S/C21H27N3O2S/c1-3-26-20-10-6-18(7-11-20)23-21(27)22-16(2)17-4-8-19(9-5-17)24-12-14-25-15-13-24/h4-11,16H,3,12-15H2,1-2H3,(H2,22,23,27)/t16-/m1/s1. The second-order valence-electron chi connectivity index (χ2n) is 6.47. The molecule has 0 unspecified atom stereocenters. The van der Waals surface area contributed by atoms with E-state index in [2.05, 4.69) is 46.7 Å². The summed E-state index contributed by atoms with van der Waals surface area (Å²) >= 11 is 5.45. The van der Waals surface area contributed by atoms with Gasteiger partial charge >= 0.3 is 0 Å². The van der Waals surface area contributed by atoms with Gasteiger partial charge in [0.05, 0.1) is 25.9 Å². The number of anilines is 2. The van der Waals surface area contributed by atoms with E-state index in [-0.39, 0.29) is 6.04 Å². The van der Waals surface area contributed by atoms with Gasteiger partial charge in [-0.15, -0.1) is 0 Å². The van der Waals surface area contributed by atoms with E-state index in [1.54, 1.807) is 0 Å². The molecule has 3 rings (SSSR count). The van der Waals surface area contributed by atoms with E-state index < -0.39 is 0 Å². The number of thiocarbonyl (C=S) groups is 1. The number of nitrogens with zero attached hydrogens (tertiary/aromatic N) is 1. The van der Waals surface area contributed by atoms with Crippen LogP contribution in [0.15, 0.2) is 48.5 Å². The molecule has 2 N–H and O–H groups in total. The molecule has 0 amide bonds. The predicted molar refractivity (Wildman–Crippen MR) is 115 cm³/mol. The summed E-state index contributed by atoms with van der Waals surface area (Å²) in [6.07, 6.45) is 0. The fourth-order valence-electron chi connectivity index (χ4n) is 3.04. The number of hydrogen-bond donors (Lipinski definition) is 2. The van der Waals surface area contributed by atoms with Crippen LogP contribution in [0.1, 0.15) is 25.5 Å². The Hall–Kier alpha value is -2.31. The third-order valence-corrected chi connectivity index (χ3v) is 4.76. The van der Waals surface area contributed by atoms with Gasteiger partial charge in [0.1, 0.15) is 5.75 Å². The molecule has 0 radical (unpaired) electrons. The molecule has 0 bridgehead atoms. The summed E-state index contributed by atoms with van der Waals surface area (Å²) in [7, 11) is 0. The molecule has 0 aromatic heterocycles. The van der Waals surface area contributed by atoms with Crippen LogP contribution in [-0.4, -0.2) is 38.0 Å². The molecule has 0 saturated carbocycles. The van der Waals surface area contributed by atoms with Crippen LogP contribution in [0, 0.1) is 0 Å². The van der Waals surface area contributed by atoms with Crippen molar-refractivity contribution >= 4 is 28.7 Å². The Labute approximate surface area is 166 Å². The lowest BCUT2D eigenvalue weighted by atomic mass is 10.1. The molecule has 1 atom stereocenters. The van der Waals surface area contributed by atoms with Crippen LogP contribution in [0.2, 0.25) is 0 Å². The first-order chi connectivity index (χ1) is 13.2. The Morgan fingerprint density at radius 1 is 1.11 bits per heavy atom. The number of hydrogen-bond acceptors (Lipinski definition) is 4. The van der Waals surface area contributed by atoms with Crippen LogP contribution in [0.5, 0.6) is 5.75 Å². The summed E-state index contributed by atoms with van der Waals surface area (Å²) < 4.78 is 10.9. The zero-order valence-electron chi connectivity index (χ0n) is 15.9. The number of benzene rings is 2. The van der Waals surface area contributed by atoms with Crippen molar-refractivity contribution < 1.29 is 9.47 Å². The van der Waals surface area contributed by atoms with Gasteiger partial charge in [-0.2, -0.15) is 0 Å². The molecular weight excluding hydrogens is 358 g/mol. The predicted octanol–water partition coefficient (Wildman–Crippen LogP) is 3.97. The van der Waals surface area contributed by atoms with Crippen LogP contribution in [0.25, 0.3) is 0 Å². The van der Waals surface area contributed by atoms with Gasteiger partial charge in [0, 0.05) is 24.5 Å². The second-order valence-corrected chi connectivity index (χ2v) is 6.88. The maximum atomic E-state index is 5.45. The molecule has 5 nitrogen and oxygen atoms in total. The Morgan fingerprint density at radius 2 is 1.78 bits per heavy atom. The second kappa shape index (κ2) is 9.58. The minimum Gasteiger partial charge on any atom is -0.494 e. The normalized spacial score (nSPS) is 15.1. The first-order valence-corrected chi connectivity index (χ1v) is 9.79. The van der Waals surface area contributed by atoms with Crippen molar-refractivity contribution in [2.75, 3.05) is 43.1 Å². The number of ether oxygens (including phenoxy) is 2. The molecule has 0 spiro atoms. The number of nitrogens with one attached hydrogen (secondary N) is 2. The highest BCUT2D eigenvalue weighted by atomic mass is 32.1. The molecule has 1 saturated heterocycles. The Balaban J connectivity index is 1.52. The Morgan fingerprint density at radius 3 is 2.41 bits per heavy atom. The van der Waals surface area contributed by atoms with Gasteiger partial charge in [-0.25, -0.2) is 0 Å². The average molecular weight is 386 g/mol. The molecule has 1 aliphatic heterocycles. The van der Waals surface area contributed by atoms with Gasteiger partial charge in [0.15, 0.2) is 5.11 Å². The molecule has 6 heteroatoms. The Bertz CT molecular complexity index is 728. The average Bonchev–Trinajstić information content (AvgIpc) is 2.70. The fraction of sp³-hybridized carbons (Fsp3) is 0.381. The summed E-state index contributed by atoms with van der Waals surface area (Å²) in [5, 5.41) is 7.16. The lowest BCUT2D eigenvalue weighted by Gasteiger charge is -2.29. The SMILES string of the molecule is CCOc1ccc(NC(=S)N[C@H](C)c2ccc(N3CCOCC3)cc2)cc1. The molecular formula is C21H27N3O2S. The molecule has 0 aliphatic carbocycles. The first kappa shape index (κ1) is 19.5. The fourth-order valence-corrected chi connectivity index (χ4v) is 3.34. The quantitative estimate of drug-likeness (QED) is 0.734. The van der Waals surface area contributed by atoms with Crippen LogP contribution < -0.4 is 20.3 Å². The summed E-state index contributed by atoms with van der Waals surface area (Å²) in [4.78, 5) is 2.35. The molecule has 2 aromatic carbocycles. The molecule has 1 aliphatic rings. The van der Waals surface area contributed by atoms with Crippen molar-refractivity contribution in [3.8, 4) is 5.75 Å². The highest BCUT2D eigenvalue weighted by Crippen LogP contribution is 2.21. The maximum absolute atomic E-state index is 5.45. The van der Waals surface area contributed by atoms with Gasteiger partial charge in [0.2, 0.25) is 0 Å². The third-order valence-electron chi connectivity index (χ3n) is 4.54. The summed E-state index contributed by atoms with van der Waals surface area (Å²) in [5.74, 6) is 0.857. The third kappa shape index (κ3) is 5.58. The maximum Gasteiger partial charge on any atom is 0.171 e. The van der Waals surface area contributed by atoms with E-state index in [9.17, 15) is 0 Å². The lowest BCUT2D eigenvalue weighted by molar-refractivity contribution is 0.122. The zero-order valence-corrected chi connectivity index (χ0v) is 16.7. The van der Waals surface area contributed by atoms with E-state index in [0.29, 0.717) is 11.7 Å². The first-order valence-electron chi connectivity index (χ1n) is 9.38. The van der Waals surface area contributed by atoms with Gasteiger partial charge < -0.3 is 25.0 Å². The van der Waals surface area contributed by atoms with Crippen molar-refractivity contribution in [2.45, 2.75) is 19.9 Å². The largest absolute Gasteiger partial charge is 0.494 e. The molecule has 1 fully saturated rings.